The zero-order chi connectivity index (χ0) is 15.6. The highest BCUT2D eigenvalue weighted by molar-refractivity contribution is 8.14. The number of carbonyl (C=O) groups is 1. The molecule has 1 aromatic carbocycles. The minimum atomic E-state index is -3.82. The number of benzene rings is 1. The molecule has 8 heteroatoms. The highest BCUT2D eigenvalue weighted by Crippen LogP contribution is 2.34. The van der Waals surface area contributed by atoms with Crippen molar-refractivity contribution in [3.05, 3.63) is 24.0 Å². The average molecular weight is 336 g/mol. The molecule has 0 saturated carbocycles. The molecule has 1 fully saturated rings. The summed E-state index contributed by atoms with van der Waals surface area (Å²) in [5.74, 6) is -0.645. The topological polar surface area (TPSA) is 63.7 Å². The number of hydrogen-bond donors (Lipinski definition) is 0. The van der Waals surface area contributed by atoms with Crippen molar-refractivity contribution in [2.75, 3.05) is 18.1 Å². The van der Waals surface area contributed by atoms with Crippen molar-refractivity contribution in [2.24, 2.45) is 0 Å². The number of hydrogen-bond acceptors (Lipinski definition) is 4. The first-order valence-electron chi connectivity index (χ1n) is 6.49. The summed E-state index contributed by atoms with van der Waals surface area (Å²) in [7, 11) is 1.49. The molecule has 0 aromatic heterocycles. The fourth-order valence-electron chi connectivity index (χ4n) is 2.13. The molecule has 1 aliphatic rings. The van der Waals surface area contributed by atoms with Gasteiger partial charge in [0.05, 0.1) is 12.3 Å². The number of rotatable bonds is 5. The van der Waals surface area contributed by atoms with Crippen molar-refractivity contribution in [3.8, 4) is 5.75 Å². The van der Waals surface area contributed by atoms with Gasteiger partial charge in [0.2, 0.25) is 15.0 Å². The van der Waals surface area contributed by atoms with Gasteiger partial charge in [-0.15, -0.1) is 0 Å². The molecule has 2 rings (SSSR count). The van der Waals surface area contributed by atoms with Gasteiger partial charge in [0.15, 0.2) is 0 Å². The van der Waals surface area contributed by atoms with Crippen molar-refractivity contribution in [2.45, 2.75) is 25.0 Å². The lowest BCUT2D eigenvalue weighted by Crippen LogP contribution is -2.27. The number of nitrogens with zero attached hydrogens (tertiary/aromatic N) is 1. The smallest absolute Gasteiger partial charge is 0.237 e. The van der Waals surface area contributed by atoms with Crippen molar-refractivity contribution in [3.63, 3.8) is 0 Å². The lowest BCUT2D eigenvalue weighted by Gasteiger charge is -2.20. The van der Waals surface area contributed by atoms with Crippen LogP contribution in [0.25, 0.3) is 0 Å². The maximum Gasteiger partial charge on any atom is 0.237 e. The molecule has 0 aliphatic carbocycles. The van der Waals surface area contributed by atoms with Crippen LogP contribution in [0, 0.1) is 5.82 Å². The predicted molar refractivity (Wildman–Crippen MR) is 77.7 cm³/mol. The molecule has 1 saturated heterocycles. The van der Waals surface area contributed by atoms with Crippen LogP contribution in [-0.4, -0.2) is 32.7 Å². The summed E-state index contributed by atoms with van der Waals surface area (Å²) in [6.45, 7) is 2.21. The second kappa shape index (κ2) is 6.19. The third-order valence-electron chi connectivity index (χ3n) is 3.16. The van der Waals surface area contributed by atoms with Crippen LogP contribution in [0.3, 0.4) is 0 Å². The van der Waals surface area contributed by atoms with E-state index in [9.17, 15) is 17.6 Å². The van der Waals surface area contributed by atoms with E-state index in [-0.39, 0.29) is 24.6 Å². The molecule has 0 bridgehead atoms. The third-order valence-corrected chi connectivity index (χ3v) is 5.03. The van der Waals surface area contributed by atoms with Gasteiger partial charge in [0, 0.05) is 29.7 Å². The van der Waals surface area contributed by atoms with Crippen LogP contribution in [0.5, 0.6) is 5.75 Å². The Labute approximate surface area is 127 Å². The Hall–Kier alpha value is -1.34. The maximum absolute atomic E-state index is 13.3. The summed E-state index contributed by atoms with van der Waals surface area (Å²) in [6, 6.07) is 3.78. The normalized spacial score (nSPS) is 19.1. The molecule has 21 heavy (non-hydrogen) atoms. The molecule has 1 aliphatic heterocycles. The Morgan fingerprint density at radius 2 is 2.19 bits per heavy atom. The number of halogens is 2. The van der Waals surface area contributed by atoms with Crippen LogP contribution in [0.1, 0.15) is 19.8 Å². The predicted octanol–water partition coefficient (Wildman–Crippen LogP) is 2.29. The molecular weight excluding hydrogens is 321 g/mol. The Morgan fingerprint density at radius 3 is 2.76 bits per heavy atom. The van der Waals surface area contributed by atoms with E-state index in [0.29, 0.717) is 12.3 Å². The van der Waals surface area contributed by atoms with Crippen LogP contribution in [0.2, 0.25) is 0 Å². The van der Waals surface area contributed by atoms with Gasteiger partial charge in [-0.3, -0.25) is 4.79 Å². The number of amides is 1. The van der Waals surface area contributed by atoms with Gasteiger partial charge >= 0.3 is 0 Å². The SMILES string of the molecule is CCCOc1cc(F)ccc1N1CC(S(=O)(=O)Cl)CC1=O. The van der Waals surface area contributed by atoms with E-state index in [1.807, 2.05) is 6.92 Å². The Morgan fingerprint density at radius 1 is 1.48 bits per heavy atom. The van der Waals surface area contributed by atoms with E-state index in [4.69, 9.17) is 15.4 Å². The summed E-state index contributed by atoms with van der Waals surface area (Å²) >= 11 is 0. The zero-order valence-corrected chi connectivity index (χ0v) is 13.0. The molecule has 0 spiro atoms. The Bertz CT molecular complexity index is 650. The van der Waals surface area contributed by atoms with Crippen LogP contribution in [-0.2, 0) is 13.8 Å². The molecule has 1 heterocycles. The molecular formula is C13H15ClFNO4S. The van der Waals surface area contributed by atoms with Crippen LogP contribution in [0.4, 0.5) is 10.1 Å². The third kappa shape index (κ3) is 3.65. The largest absolute Gasteiger partial charge is 0.491 e. The number of ether oxygens (including phenoxy) is 1. The minimum Gasteiger partial charge on any atom is -0.491 e. The van der Waals surface area contributed by atoms with Crippen molar-refractivity contribution >= 4 is 31.3 Å². The monoisotopic (exact) mass is 335 g/mol. The highest BCUT2D eigenvalue weighted by Gasteiger charge is 2.39. The van der Waals surface area contributed by atoms with E-state index in [0.717, 1.165) is 6.42 Å². The van der Waals surface area contributed by atoms with Crippen molar-refractivity contribution < 1.29 is 22.3 Å². The fraction of sp³-hybridized carbons (Fsp3) is 0.462. The summed E-state index contributed by atoms with van der Waals surface area (Å²) in [5, 5.41) is -0.962. The first-order chi connectivity index (χ1) is 9.82. The Kier molecular flexibility index (Phi) is 4.73. The van der Waals surface area contributed by atoms with Gasteiger partial charge in [0.1, 0.15) is 16.8 Å². The van der Waals surface area contributed by atoms with E-state index >= 15 is 0 Å². The van der Waals surface area contributed by atoms with E-state index < -0.39 is 20.1 Å². The molecule has 1 aromatic rings. The molecule has 116 valence electrons. The minimum absolute atomic E-state index is 0.0568. The highest BCUT2D eigenvalue weighted by atomic mass is 35.7. The summed E-state index contributed by atoms with van der Waals surface area (Å²) < 4.78 is 41.5. The van der Waals surface area contributed by atoms with Crippen molar-refractivity contribution in [1.29, 1.82) is 0 Å². The van der Waals surface area contributed by atoms with E-state index in [1.54, 1.807) is 0 Å². The molecule has 1 atom stereocenters. The second-order valence-electron chi connectivity index (χ2n) is 4.77. The number of anilines is 1. The lowest BCUT2D eigenvalue weighted by atomic mass is 10.2. The number of carbonyl (C=O) groups excluding carboxylic acids is 1. The van der Waals surface area contributed by atoms with Crippen LogP contribution >= 0.6 is 10.7 Å². The first-order valence-corrected chi connectivity index (χ1v) is 8.86. The standard InChI is InChI=1S/C13H15ClFNO4S/c1-2-5-20-12-6-9(15)3-4-11(12)16-8-10(7-13(16)17)21(14,18)19/h3-4,6,10H,2,5,7-8H2,1H3. The quantitative estimate of drug-likeness (QED) is 0.774. The van der Waals surface area contributed by atoms with Crippen LogP contribution < -0.4 is 9.64 Å². The lowest BCUT2D eigenvalue weighted by molar-refractivity contribution is -0.117. The van der Waals surface area contributed by atoms with Crippen molar-refractivity contribution in [1.82, 2.24) is 0 Å². The summed E-state index contributed by atoms with van der Waals surface area (Å²) in [5.41, 5.74) is 0.359. The first kappa shape index (κ1) is 16.0. The molecule has 1 unspecified atom stereocenters. The van der Waals surface area contributed by atoms with Gasteiger partial charge in [0.25, 0.3) is 0 Å². The van der Waals surface area contributed by atoms with E-state index in [2.05, 4.69) is 0 Å². The van der Waals surface area contributed by atoms with Crippen LogP contribution in [0.15, 0.2) is 18.2 Å². The van der Waals surface area contributed by atoms with Gasteiger partial charge in [-0.25, -0.2) is 12.8 Å². The average Bonchev–Trinajstić information content (AvgIpc) is 2.78. The van der Waals surface area contributed by atoms with Gasteiger partial charge in [-0.05, 0) is 18.6 Å². The molecule has 5 nitrogen and oxygen atoms in total. The van der Waals surface area contributed by atoms with Gasteiger partial charge in [-0.1, -0.05) is 6.92 Å². The zero-order valence-electron chi connectivity index (χ0n) is 11.4. The summed E-state index contributed by atoms with van der Waals surface area (Å²) in [6.07, 6.45) is 0.541. The van der Waals surface area contributed by atoms with Gasteiger partial charge in [-0.2, -0.15) is 0 Å². The molecule has 0 radical (unpaired) electrons. The Balaban J connectivity index is 2.31. The molecule has 1 amide bonds. The van der Waals surface area contributed by atoms with E-state index in [1.165, 1.54) is 23.1 Å². The summed E-state index contributed by atoms with van der Waals surface area (Å²) in [4.78, 5) is 13.3. The fourth-order valence-corrected chi connectivity index (χ4v) is 3.16. The second-order valence-corrected chi connectivity index (χ2v) is 7.67. The molecule has 0 N–H and O–H groups in total. The van der Waals surface area contributed by atoms with Gasteiger partial charge < -0.3 is 9.64 Å². The maximum atomic E-state index is 13.3.